The molecule has 0 aliphatic carbocycles. The van der Waals surface area contributed by atoms with Crippen LogP contribution in [-0.4, -0.2) is 5.97 Å². The van der Waals surface area contributed by atoms with E-state index >= 15 is 0 Å². The Morgan fingerprint density at radius 2 is 1.80 bits per heavy atom. The molecule has 0 bridgehead atoms. The number of para-hydroxylation sites is 1. The molecule has 1 aromatic rings. The highest BCUT2D eigenvalue weighted by Crippen LogP contribution is 2.17. The monoisotopic (exact) mass is 208 g/mol. The number of hydrazine groups is 1. The van der Waals surface area contributed by atoms with Crippen molar-refractivity contribution < 1.29 is 9.63 Å². The van der Waals surface area contributed by atoms with Gasteiger partial charge in [0.1, 0.15) is 0 Å². The Kier molecular flexibility index (Phi) is 3.31. The second-order valence-corrected chi connectivity index (χ2v) is 4.29. The van der Waals surface area contributed by atoms with Gasteiger partial charge in [-0.1, -0.05) is 18.2 Å². The summed E-state index contributed by atoms with van der Waals surface area (Å²) in [6.45, 7) is 5.32. The number of carbonyl (C=O) groups excluding carboxylic acids is 1. The van der Waals surface area contributed by atoms with Crippen LogP contribution in [0.5, 0.6) is 0 Å². The van der Waals surface area contributed by atoms with Gasteiger partial charge >= 0.3 is 5.97 Å². The van der Waals surface area contributed by atoms with Crippen LogP contribution in [0.4, 0.5) is 5.69 Å². The molecule has 82 valence electrons. The number of hydrogen-bond donors (Lipinski definition) is 1. The fourth-order valence-electron chi connectivity index (χ4n) is 0.854. The zero-order valence-corrected chi connectivity index (χ0v) is 9.23. The maximum Gasteiger partial charge on any atom is 0.339 e. The molecule has 15 heavy (non-hydrogen) atoms. The van der Waals surface area contributed by atoms with Crippen LogP contribution in [0, 0.1) is 5.41 Å². The lowest BCUT2D eigenvalue weighted by molar-refractivity contribution is -0.154. The van der Waals surface area contributed by atoms with Crippen LogP contribution in [0.1, 0.15) is 20.8 Å². The summed E-state index contributed by atoms with van der Waals surface area (Å²) in [6.07, 6.45) is 0. The van der Waals surface area contributed by atoms with Crippen molar-refractivity contribution in [2.45, 2.75) is 20.8 Å². The Morgan fingerprint density at radius 3 is 2.27 bits per heavy atom. The van der Waals surface area contributed by atoms with Crippen LogP contribution >= 0.6 is 0 Å². The van der Waals surface area contributed by atoms with E-state index in [-0.39, 0.29) is 5.97 Å². The second kappa shape index (κ2) is 4.31. The number of nitrogens with two attached hydrogens (primary N) is 1. The van der Waals surface area contributed by atoms with Crippen LogP contribution in [-0.2, 0) is 9.63 Å². The molecule has 2 N–H and O–H groups in total. The van der Waals surface area contributed by atoms with Gasteiger partial charge in [-0.3, -0.25) is 0 Å². The number of rotatable bonds is 2. The fraction of sp³-hybridized carbons (Fsp3) is 0.364. The largest absolute Gasteiger partial charge is 0.339 e. The SMILES string of the molecule is CC(C)(C)C(=O)ON(N)c1ccccc1. The summed E-state index contributed by atoms with van der Waals surface area (Å²) < 4.78 is 0. The smallest absolute Gasteiger partial charge is 0.325 e. The third kappa shape index (κ3) is 3.25. The Labute approximate surface area is 89.6 Å². The summed E-state index contributed by atoms with van der Waals surface area (Å²) in [5.74, 6) is 5.22. The first kappa shape index (κ1) is 11.5. The van der Waals surface area contributed by atoms with Gasteiger partial charge in [-0.15, -0.1) is 5.17 Å². The molecule has 0 aliphatic heterocycles. The molecule has 0 aromatic heterocycles. The molecule has 0 fully saturated rings. The predicted octanol–water partition coefficient (Wildman–Crippen LogP) is 1.87. The van der Waals surface area contributed by atoms with Gasteiger partial charge in [-0.25, -0.2) is 10.6 Å². The van der Waals surface area contributed by atoms with E-state index in [1.54, 1.807) is 32.9 Å². The van der Waals surface area contributed by atoms with E-state index in [0.717, 1.165) is 5.17 Å². The Hall–Kier alpha value is -1.55. The minimum Gasteiger partial charge on any atom is -0.325 e. The van der Waals surface area contributed by atoms with E-state index < -0.39 is 5.41 Å². The first-order valence-corrected chi connectivity index (χ1v) is 4.73. The standard InChI is InChI=1S/C11H16N2O2/c1-11(2,3)10(14)15-13(12)9-7-5-4-6-8-9/h4-8H,12H2,1-3H3. The van der Waals surface area contributed by atoms with Gasteiger partial charge in [0.05, 0.1) is 11.1 Å². The topological polar surface area (TPSA) is 55.6 Å². The number of benzene rings is 1. The molecule has 0 saturated heterocycles. The molecule has 0 aliphatic rings. The van der Waals surface area contributed by atoms with Crippen molar-refractivity contribution in [2.75, 3.05) is 5.17 Å². The van der Waals surface area contributed by atoms with Crippen molar-refractivity contribution in [1.82, 2.24) is 0 Å². The average molecular weight is 208 g/mol. The van der Waals surface area contributed by atoms with Crippen molar-refractivity contribution in [3.05, 3.63) is 30.3 Å². The van der Waals surface area contributed by atoms with Crippen LogP contribution < -0.4 is 11.0 Å². The normalized spacial score (nSPS) is 10.9. The second-order valence-electron chi connectivity index (χ2n) is 4.29. The molecule has 0 unspecified atom stereocenters. The van der Waals surface area contributed by atoms with E-state index in [1.165, 1.54) is 0 Å². The van der Waals surface area contributed by atoms with Crippen molar-refractivity contribution in [2.24, 2.45) is 11.3 Å². The molecule has 0 spiro atoms. The zero-order chi connectivity index (χ0) is 11.5. The third-order valence-corrected chi connectivity index (χ3v) is 1.80. The minimum atomic E-state index is -0.563. The lowest BCUT2D eigenvalue weighted by Gasteiger charge is -2.22. The molecule has 0 amide bonds. The zero-order valence-electron chi connectivity index (χ0n) is 9.23. The summed E-state index contributed by atoms with van der Waals surface area (Å²) in [7, 11) is 0. The molecule has 1 aromatic carbocycles. The average Bonchev–Trinajstić information content (AvgIpc) is 2.17. The fourth-order valence-corrected chi connectivity index (χ4v) is 0.854. The predicted molar refractivity (Wildman–Crippen MR) is 58.7 cm³/mol. The summed E-state index contributed by atoms with van der Waals surface area (Å²) in [5.41, 5.74) is 0.0713. The maximum atomic E-state index is 11.5. The van der Waals surface area contributed by atoms with Gasteiger partial charge in [-0.2, -0.15) is 0 Å². The third-order valence-electron chi connectivity index (χ3n) is 1.80. The molecule has 0 radical (unpaired) electrons. The highest BCUT2D eigenvalue weighted by atomic mass is 16.7. The quantitative estimate of drug-likeness (QED) is 0.595. The lowest BCUT2D eigenvalue weighted by Crippen LogP contribution is -2.38. The van der Waals surface area contributed by atoms with Gasteiger partial charge in [0, 0.05) is 0 Å². The maximum absolute atomic E-state index is 11.5. The van der Waals surface area contributed by atoms with Crippen LogP contribution in [0.2, 0.25) is 0 Å². The summed E-state index contributed by atoms with van der Waals surface area (Å²) in [6, 6.07) is 9.02. The van der Waals surface area contributed by atoms with Gasteiger partial charge in [0.25, 0.3) is 0 Å². The van der Waals surface area contributed by atoms with Crippen molar-refractivity contribution in [3.8, 4) is 0 Å². The first-order valence-electron chi connectivity index (χ1n) is 4.73. The highest BCUT2D eigenvalue weighted by Gasteiger charge is 2.25. The van der Waals surface area contributed by atoms with E-state index in [2.05, 4.69) is 0 Å². The number of anilines is 1. The highest BCUT2D eigenvalue weighted by molar-refractivity contribution is 5.76. The number of hydrogen-bond acceptors (Lipinski definition) is 4. The van der Waals surface area contributed by atoms with E-state index in [4.69, 9.17) is 10.7 Å². The Bertz CT molecular complexity index is 330. The van der Waals surface area contributed by atoms with E-state index in [9.17, 15) is 4.79 Å². The van der Waals surface area contributed by atoms with Gasteiger partial charge in [0.2, 0.25) is 0 Å². The molecule has 0 atom stereocenters. The molecule has 4 nitrogen and oxygen atoms in total. The molecule has 0 heterocycles. The number of carbonyl (C=O) groups is 1. The van der Waals surface area contributed by atoms with Crippen LogP contribution in [0.3, 0.4) is 0 Å². The van der Waals surface area contributed by atoms with Gasteiger partial charge in [-0.05, 0) is 32.9 Å². The summed E-state index contributed by atoms with van der Waals surface area (Å²) in [4.78, 5) is 16.5. The van der Waals surface area contributed by atoms with E-state index in [0.29, 0.717) is 5.69 Å². The molecule has 4 heteroatoms. The van der Waals surface area contributed by atoms with Crippen molar-refractivity contribution in [1.29, 1.82) is 0 Å². The van der Waals surface area contributed by atoms with Crippen LogP contribution in [0.15, 0.2) is 30.3 Å². The number of nitrogens with zero attached hydrogens (tertiary/aromatic N) is 1. The van der Waals surface area contributed by atoms with Crippen LogP contribution in [0.25, 0.3) is 0 Å². The van der Waals surface area contributed by atoms with Gasteiger partial charge in [0.15, 0.2) is 0 Å². The lowest BCUT2D eigenvalue weighted by atomic mass is 9.98. The first-order chi connectivity index (χ1) is 6.91. The molecule has 1 rings (SSSR count). The minimum absolute atomic E-state index is 0.367. The summed E-state index contributed by atoms with van der Waals surface area (Å²) in [5, 5.41) is 0.980. The van der Waals surface area contributed by atoms with Crippen molar-refractivity contribution >= 4 is 11.7 Å². The van der Waals surface area contributed by atoms with E-state index in [1.807, 2.05) is 18.2 Å². The van der Waals surface area contributed by atoms with Crippen molar-refractivity contribution in [3.63, 3.8) is 0 Å². The summed E-state index contributed by atoms with van der Waals surface area (Å²) >= 11 is 0. The molecule has 0 saturated carbocycles. The van der Waals surface area contributed by atoms with Gasteiger partial charge < -0.3 is 4.84 Å². The molecular formula is C11H16N2O2. The Morgan fingerprint density at radius 1 is 1.27 bits per heavy atom. The Balaban J connectivity index is 2.65. The molecular weight excluding hydrogens is 192 g/mol.